The van der Waals surface area contributed by atoms with E-state index in [9.17, 15) is 0 Å². The predicted molar refractivity (Wildman–Crippen MR) is 93.8 cm³/mol. The normalized spacial score (nSPS) is 13.1. The fourth-order valence-electron chi connectivity index (χ4n) is 3.07. The van der Waals surface area contributed by atoms with Gasteiger partial charge in [0.2, 0.25) is 6.79 Å². The molecule has 2 aromatic carbocycles. The molecular weight excluding hydrogens is 304 g/mol. The van der Waals surface area contributed by atoms with E-state index in [1.54, 1.807) is 7.11 Å². The number of allylic oxidation sites excluding steroid dienone is 1. The van der Waals surface area contributed by atoms with E-state index in [1.165, 1.54) is 0 Å². The van der Waals surface area contributed by atoms with Gasteiger partial charge in [-0.05, 0) is 43.7 Å². The minimum absolute atomic E-state index is 0.225. The zero-order chi connectivity index (χ0) is 16.7. The number of hydrogen-bond donors (Lipinski definition) is 0. The van der Waals surface area contributed by atoms with Crippen molar-refractivity contribution in [3.8, 4) is 28.6 Å². The molecule has 1 aromatic heterocycles. The number of aryl methyl sites for hydroxylation is 1. The summed E-state index contributed by atoms with van der Waals surface area (Å²) in [7, 11) is 1.66. The average Bonchev–Trinajstić information content (AvgIpc) is 2.92. The van der Waals surface area contributed by atoms with E-state index >= 15 is 0 Å². The second-order valence-electron chi connectivity index (χ2n) is 5.72. The molecule has 0 atom stereocenters. The number of ether oxygens (including phenoxy) is 3. The van der Waals surface area contributed by atoms with Crippen molar-refractivity contribution < 1.29 is 18.6 Å². The summed E-state index contributed by atoms with van der Waals surface area (Å²) in [6.07, 6.45) is 4.06. The van der Waals surface area contributed by atoms with Crippen LogP contribution in [0, 0.1) is 6.92 Å². The maximum atomic E-state index is 6.18. The van der Waals surface area contributed by atoms with Crippen LogP contribution in [0.4, 0.5) is 0 Å². The summed E-state index contributed by atoms with van der Waals surface area (Å²) in [4.78, 5) is 0. The van der Waals surface area contributed by atoms with Gasteiger partial charge in [0.25, 0.3) is 0 Å². The Labute approximate surface area is 140 Å². The Morgan fingerprint density at radius 2 is 2.00 bits per heavy atom. The number of rotatable bonds is 3. The number of methoxy groups -OCH3 is 1. The first-order valence-electron chi connectivity index (χ1n) is 7.85. The van der Waals surface area contributed by atoms with Gasteiger partial charge in [0.1, 0.15) is 17.3 Å². The van der Waals surface area contributed by atoms with Crippen LogP contribution in [0.1, 0.15) is 18.1 Å². The molecule has 0 unspecified atom stereocenters. The first-order valence-corrected chi connectivity index (χ1v) is 7.85. The van der Waals surface area contributed by atoms with Crippen molar-refractivity contribution in [1.29, 1.82) is 0 Å². The first kappa shape index (κ1) is 14.7. The van der Waals surface area contributed by atoms with Gasteiger partial charge in [0.05, 0.1) is 12.7 Å². The molecule has 1 aliphatic heterocycles. The van der Waals surface area contributed by atoms with E-state index in [2.05, 4.69) is 13.0 Å². The summed E-state index contributed by atoms with van der Waals surface area (Å²) in [5.41, 5.74) is 3.82. The van der Waals surface area contributed by atoms with Crippen LogP contribution in [0.15, 0.2) is 40.8 Å². The van der Waals surface area contributed by atoms with Gasteiger partial charge in [-0.2, -0.15) is 0 Å². The molecule has 0 radical (unpaired) electrons. The van der Waals surface area contributed by atoms with Gasteiger partial charge in [-0.3, -0.25) is 0 Å². The zero-order valence-electron chi connectivity index (χ0n) is 13.9. The highest BCUT2D eigenvalue weighted by atomic mass is 16.7. The Morgan fingerprint density at radius 3 is 2.79 bits per heavy atom. The number of fused-ring (bicyclic) bond motifs is 3. The van der Waals surface area contributed by atoms with Crippen LogP contribution in [0.25, 0.3) is 28.4 Å². The van der Waals surface area contributed by atoms with Crippen LogP contribution in [0.5, 0.6) is 17.2 Å². The molecule has 3 aromatic rings. The lowest BCUT2D eigenvalue weighted by molar-refractivity contribution is 0.106. The summed E-state index contributed by atoms with van der Waals surface area (Å²) in [6, 6.07) is 9.87. The predicted octanol–water partition coefficient (Wildman–Crippen LogP) is 5.18. The molecule has 0 aliphatic carbocycles. The SMILES string of the molecule is C/C=C/c1cc(OC)c2oc(-c3ccc4cc3OCO4)c(C)c2c1. The molecule has 4 nitrogen and oxygen atoms in total. The Balaban J connectivity index is 1.96. The van der Waals surface area contributed by atoms with Crippen molar-refractivity contribution in [3.05, 3.63) is 47.5 Å². The molecule has 0 spiro atoms. The molecule has 0 N–H and O–H groups in total. The first-order chi connectivity index (χ1) is 11.7. The van der Waals surface area contributed by atoms with Crippen LogP contribution in [-0.4, -0.2) is 13.9 Å². The van der Waals surface area contributed by atoms with Crippen molar-refractivity contribution in [2.45, 2.75) is 13.8 Å². The summed E-state index contributed by atoms with van der Waals surface area (Å²) >= 11 is 0. The Hall–Kier alpha value is -2.88. The third kappa shape index (κ3) is 2.22. The van der Waals surface area contributed by atoms with Crippen molar-refractivity contribution in [1.82, 2.24) is 0 Å². The Kier molecular flexibility index (Phi) is 3.45. The average molecular weight is 322 g/mol. The largest absolute Gasteiger partial charge is 0.493 e. The van der Waals surface area contributed by atoms with Crippen molar-refractivity contribution in [2.24, 2.45) is 0 Å². The van der Waals surface area contributed by atoms with E-state index in [4.69, 9.17) is 18.6 Å². The highest BCUT2D eigenvalue weighted by Gasteiger charge is 2.21. The standard InChI is InChI=1S/C20H18O4/c1-4-5-13-8-16-12(2)19(24-20(16)18(9-13)21-3)15-7-6-14-10-17(15)23-11-22-14/h4-10H,11H2,1-3H3/b5-4+. The molecule has 2 bridgehead atoms. The Morgan fingerprint density at radius 1 is 1.12 bits per heavy atom. The molecule has 4 rings (SSSR count). The van der Waals surface area contributed by atoms with E-state index in [0.717, 1.165) is 50.7 Å². The summed E-state index contributed by atoms with van der Waals surface area (Å²) in [5, 5.41) is 1.04. The topological polar surface area (TPSA) is 40.8 Å². The molecule has 0 amide bonds. The molecule has 0 fully saturated rings. The molecule has 0 saturated carbocycles. The molecular formula is C20H18O4. The van der Waals surface area contributed by atoms with Crippen LogP contribution in [0.3, 0.4) is 0 Å². The van der Waals surface area contributed by atoms with Gasteiger partial charge in [-0.15, -0.1) is 0 Å². The fourth-order valence-corrected chi connectivity index (χ4v) is 3.07. The Bertz CT molecular complexity index is 950. The highest BCUT2D eigenvalue weighted by molar-refractivity contribution is 5.94. The molecule has 122 valence electrons. The van der Waals surface area contributed by atoms with E-state index in [0.29, 0.717) is 0 Å². The van der Waals surface area contributed by atoms with E-state index < -0.39 is 0 Å². The lowest BCUT2D eigenvalue weighted by Crippen LogP contribution is -2.10. The van der Waals surface area contributed by atoms with Gasteiger partial charge < -0.3 is 18.6 Å². The van der Waals surface area contributed by atoms with Gasteiger partial charge in [-0.25, -0.2) is 0 Å². The smallest absolute Gasteiger partial charge is 0.230 e. The number of benzene rings is 2. The highest BCUT2D eigenvalue weighted by Crippen LogP contribution is 2.43. The summed E-state index contributed by atoms with van der Waals surface area (Å²) in [6.45, 7) is 4.28. The van der Waals surface area contributed by atoms with Gasteiger partial charge in [0, 0.05) is 17.0 Å². The monoisotopic (exact) mass is 322 g/mol. The molecule has 0 saturated heterocycles. The maximum Gasteiger partial charge on any atom is 0.230 e. The summed E-state index contributed by atoms with van der Waals surface area (Å²) < 4.78 is 22.7. The third-order valence-corrected chi connectivity index (χ3v) is 4.24. The van der Waals surface area contributed by atoms with Crippen LogP contribution in [-0.2, 0) is 0 Å². The second kappa shape index (κ2) is 5.64. The van der Waals surface area contributed by atoms with Gasteiger partial charge >= 0.3 is 0 Å². The fraction of sp³-hybridized carbons (Fsp3) is 0.200. The zero-order valence-corrected chi connectivity index (χ0v) is 13.9. The second-order valence-corrected chi connectivity index (χ2v) is 5.72. The van der Waals surface area contributed by atoms with Crippen molar-refractivity contribution in [3.63, 3.8) is 0 Å². The maximum absolute atomic E-state index is 6.18. The minimum atomic E-state index is 0.225. The van der Waals surface area contributed by atoms with Gasteiger partial charge in [-0.1, -0.05) is 12.2 Å². The van der Waals surface area contributed by atoms with Gasteiger partial charge in [0.15, 0.2) is 11.3 Å². The summed E-state index contributed by atoms with van der Waals surface area (Å²) in [5.74, 6) is 3.10. The number of hydrogen-bond acceptors (Lipinski definition) is 4. The third-order valence-electron chi connectivity index (χ3n) is 4.24. The van der Waals surface area contributed by atoms with Crippen molar-refractivity contribution in [2.75, 3.05) is 13.9 Å². The minimum Gasteiger partial charge on any atom is -0.493 e. The molecule has 2 heterocycles. The lowest BCUT2D eigenvalue weighted by Gasteiger charge is -2.18. The van der Waals surface area contributed by atoms with E-state index in [-0.39, 0.29) is 6.79 Å². The number of furan rings is 1. The molecule has 24 heavy (non-hydrogen) atoms. The van der Waals surface area contributed by atoms with E-state index in [1.807, 2.05) is 43.3 Å². The van der Waals surface area contributed by atoms with Crippen LogP contribution < -0.4 is 14.2 Å². The quantitative estimate of drug-likeness (QED) is 0.666. The lowest BCUT2D eigenvalue weighted by atomic mass is 10.0. The molecule has 4 heteroatoms. The van der Waals surface area contributed by atoms with Crippen LogP contribution in [0.2, 0.25) is 0 Å². The van der Waals surface area contributed by atoms with Crippen molar-refractivity contribution >= 4 is 17.0 Å². The van der Waals surface area contributed by atoms with Crippen LogP contribution >= 0.6 is 0 Å². The molecule has 1 aliphatic rings.